The summed E-state index contributed by atoms with van der Waals surface area (Å²) >= 11 is 0. The van der Waals surface area contributed by atoms with Gasteiger partial charge in [0.25, 0.3) is 5.91 Å². The number of aliphatic hydroxyl groups excluding tert-OH is 1. The molecule has 1 aliphatic rings. The lowest BCUT2D eigenvalue weighted by Crippen LogP contribution is -2.40. The molecule has 0 aromatic heterocycles. The number of hydrogen-bond donors (Lipinski definition) is 3. The number of β-amino-alcohol motifs (C(OH)–C–C–N with tert-alkyl or cyclic N) is 1. The number of nitrogens with one attached hydrogen (secondary N) is 2. The monoisotopic (exact) mass is 318 g/mol. The van der Waals surface area contributed by atoms with Gasteiger partial charge in [-0.1, -0.05) is 12.1 Å². The Bertz CT molecular complexity index is 559. The van der Waals surface area contributed by atoms with Crippen molar-refractivity contribution in [2.45, 2.75) is 32.9 Å². The van der Waals surface area contributed by atoms with Crippen LogP contribution in [0.25, 0.3) is 0 Å². The van der Waals surface area contributed by atoms with E-state index in [1.165, 1.54) is 0 Å². The van der Waals surface area contributed by atoms with E-state index in [1.54, 1.807) is 6.07 Å². The SMILES string of the molecule is CCNC(=O)c1cccc(CN=C(NCC)N2CC[C@@H](O)C2)c1. The lowest BCUT2D eigenvalue weighted by molar-refractivity contribution is 0.0955. The first-order valence-corrected chi connectivity index (χ1v) is 8.22. The molecule has 2 rings (SSSR count). The fraction of sp³-hybridized carbons (Fsp3) is 0.529. The fourth-order valence-electron chi connectivity index (χ4n) is 2.60. The zero-order valence-electron chi connectivity index (χ0n) is 13.9. The van der Waals surface area contributed by atoms with Gasteiger partial charge in [0.2, 0.25) is 0 Å². The highest BCUT2D eigenvalue weighted by Crippen LogP contribution is 2.11. The molecule has 0 bridgehead atoms. The quantitative estimate of drug-likeness (QED) is 0.558. The maximum atomic E-state index is 11.9. The molecule has 0 unspecified atom stereocenters. The first kappa shape index (κ1) is 17.3. The zero-order valence-corrected chi connectivity index (χ0v) is 13.9. The van der Waals surface area contributed by atoms with Gasteiger partial charge in [0, 0.05) is 31.7 Å². The van der Waals surface area contributed by atoms with Gasteiger partial charge in [-0.25, -0.2) is 4.99 Å². The van der Waals surface area contributed by atoms with Crippen molar-refractivity contribution in [1.82, 2.24) is 15.5 Å². The van der Waals surface area contributed by atoms with Crippen molar-refractivity contribution in [1.29, 1.82) is 0 Å². The van der Waals surface area contributed by atoms with Gasteiger partial charge >= 0.3 is 0 Å². The van der Waals surface area contributed by atoms with Gasteiger partial charge in [-0.2, -0.15) is 0 Å². The average molecular weight is 318 g/mol. The van der Waals surface area contributed by atoms with Crippen molar-refractivity contribution in [3.05, 3.63) is 35.4 Å². The highest BCUT2D eigenvalue weighted by molar-refractivity contribution is 5.94. The molecule has 126 valence electrons. The molecule has 1 saturated heterocycles. The molecule has 1 amide bonds. The zero-order chi connectivity index (χ0) is 16.7. The maximum absolute atomic E-state index is 11.9. The second-order valence-electron chi connectivity index (χ2n) is 5.62. The normalized spacial score (nSPS) is 18.1. The summed E-state index contributed by atoms with van der Waals surface area (Å²) in [7, 11) is 0. The third kappa shape index (κ3) is 4.96. The molecule has 6 nitrogen and oxygen atoms in total. The lowest BCUT2D eigenvalue weighted by Gasteiger charge is -2.21. The van der Waals surface area contributed by atoms with Gasteiger partial charge in [0.15, 0.2) is 5.96 Å². The summed E-state index contributed by atoms with van der Waals surface area (Å²) in [6, 6.07) is 7.52. The Hall–Kier alpha value is -2.08. The standard InChI is InChI=1S/C17H26N4O2/c1-3-18-16(23)14-7-5-6-13(10-14)11-20-17(19-4-2)21-9-8-15(22)12-21/h5-7,10,15,22H,3-4,8-9,11-12H2,1-2H3,(H,18,23)(H,19,20)/t15-/m1/s1. The predicted octanol–water partition coefficient (Wildman–Crippen LogP) is 0.968. The van der Waals surface area contributed by atoms with E-state index in [-0.39, 0.29) is 12.0 Å². The van der Waals surface area contributed by atoms with Crippen LogP contribution in [0.15, 0.2) is 29.3 Å². The van der Waals surface area contributed by atoms with E-state index in [0.717, 1.165) is 31.0 Å². The molecule has 1 aromatic carbocycles. The molecule has 0 aliphatic carbocycles. The third-order valence-electron chi connectivity index (χ3n) is 3.74. The number of rotatable bonds is 5. The number of aliphatic hydroxyl groups is 1. The summed E-state index contributed by atoms with van der Waals surface area (Å²) in [5.74, 6) is 0.750. The van der Waals surface area contributed by atoms with Crippen LogP contribution in [0.2, 0.25) is 0 Å². The number of carbonyl (C=O) groups excluding carboxylic acids is 1. The molecule has 1 aromatic rings. The minimum absolute atomic E-state index is 0.0621. The Balaban J connectivity index is 2.07. The summed E-state index contributed by atoms with van der Waals surface area (Å²) < 4.78 is 0. The molecule has 23 heavy (non-hydrogen) atoms. The van der Waals surface area contributed by atoms with E-state index in [0.29, 0.717) is 25.2 Å². The van der Waals surface area contributed by atoms with Gasteiger partial charge in [-0.3, -0.25) is 4.79 Å². The molecule has 1 heterocycles. The van der Waals surface area contributed by atoms with Gasteiger partial charge in [-0.15, -0.1) is 0 Å². The Labute approximate surface area is 137 Å². The molecule has 1 fully saturated rings. The number of nitrogens with zero attached hydrogens (tertiary/aromatic N) is 2. The summed E-state index contributed by atoms with van der Waals surface area (Å²) in [6.07, 6.45) is 0.497. The lowest BCUT2D eigenvalue weighted by atomic mass is 10.1. The minimum Gasteiger partial charge on any atom is -0.391 e. The van der Waals surface area contributed by atoms with Crippen LogP contribution in [0.4, 0.5) is 0 Å². The van der Waals surface area contributed by atoms with Crippen LogP contribution in [0, 0.1) is 0 Å². The minimum atomic E-state index is -0.278. The van der Waals surface area contributed by atoms with E-state index >= 15 is 0 Å². The van der Waals surface area contributed by atoms with Crippen molar-refractivity contribution in [3.63, 3.8) is 0 Å². The van der Waals surface area contributed by atoms with Crippen LogP contribution in [-0.2, 0) is 6.54 Å². The summed E-state index contributed by atoms with van der Waals surface area (Å²) in [5.41, 5.74) is 1.64. The van der Waals surface area contributed by atoms with Crippen molar-refractivity contribution < 1.29 is 9.90 Å². The van der Waals surface area contributed by atoms with Crippen molar-refractivity contribution in [2.24, 2.45) is 4.99 Å². The van der Waals surface area contributed by atoms with E-state index in [9.17, 15) is 9.90 Å². The molecular weight excluding hydrogens is 292 g/mol. The molecule has 3 N–H and O–H groups in total. The summed E-state index contributed by atoms with van der Waals surface area (Å²) in [5, 5.41) is 15.7. The predicted molar refractivity (Wildman–Crippen MR) is 91.5 cm³/mol. The number of amides is 1. The number of guanidine groups is 1. The fourth-order valence-corrected chi connectivity index (χ4v) is 2.60. The Morgan fingerprint density at radius 1 is 1.35 bits per heavy atom. The summed E-state index contributed by atoms with van der Waals surface area (Å²) in [6.45, 7) is 7.25. The van der Waals surface area contributed by atoms with E-state index < -0.39 is 0 Å². The van der Waals surface area contributed by atoms with Crippen LogP contribution < -0.4 is 10.6 Å². The van der Waals surface area contributed by atoms with E-state index in [2.05, 4.69) is 20.5 Å². The van der Waals surface area contributed by atoms with Gasteiger partial charge in [-0.05, 0) is 38.0 Å². The molecular formula is C17H26N4O2. The van der Waals surface area contributed by atoms with Crippen molar-refractivity contribution in [2.75, 3.05) is 26.2 Å². The van der Waals surface area contributed by atoms with E-state index in [4.69, 9.17) is 0 Å². The van der Waals surface area contributed by atoms with Crippen LogP contribution in [-0.4, -0.2) is 54.2 Å². The number of likely N-dealkylation sites (tertiary alicyclic amines) is 1. The number of benzene rings is 1. The average Bonchev–Trinajstić information content (AvgIpc) is 2.98. The number of carbonyl (C=O) groups is 1. The largest absolute Gasteiger partial charge is 0.391 e. The summed E-state index contributed by atoms with van der Waals surface area (Å²) in [4.78, 5) is 18.6. The molecule has 1 aliphatic heterocycles. The van der Waals surface area contributed by atoms with E-state index in [1.807, 2.05) is 32.0 Å². The van der Waals surface area contributed by atoms with Gasteiger partial charge in [0.05, 0.1) is 12.6 Å². The Kier molecular flexibility index (Phi) is 6.40. The Morgan fingerprint density at radius 2 is 2.13 bits per heavy atom. The first-order chi connectivity index (χ1) is 11.1. The van der Waals surface area contributed by atoms with Gasteiger partial charge in [0.1, 0.15) is 0 Å². The van der Waals surface area contributed by atoms with Crippen LogP contribution >= 0.6 is 0 Å². The maximum Gasteiger partial charge on any atom is 0.251 e. The van der Waals surface area contributed by atoms with Crippen LogP contribution in [0.1, 0.15) is 36.2 Å². The third-order valence-corrected chi connectivity index (χ3v) is 3.74. The first-order valence-electron chi connectivity index (χ1n) is 8.22. The molecule has 0 saturated carbocycles. The Morgan fingerprint density at radius 3 is 2.78 bits per heavy atom. The molecule has 0 spiro atoms. The number of hydrogen-bond acceptors (Lipinski definition) is 3. The molecule has 6 heteroatoms. The number of aliphatic imine (C=N–C) groups is 1. The van der Waals surface area contributed by atoms with Crippen molar-refractivity contribution >= 4 is 11.9 Å². The second-order valence-corrected chi connectivity index (χ2v) is 5.62. The van der Waals surface area contributed by atoms with Crippen LogP contribution in [0.5, 0.6) is 0 Å². The highest BCUT2D eigenvalue weighted by Gasteiger charge is 2.22. The van der Waals surface area contributed by atoms with Crippen molar-refractivity contribution in [3.8, 4) is 0 Å². The topological polar surface area (TPSA) is 77.0 Å². The van der Waals surface area contributed by atoms with Gasteiger partial charge < -0.3 is 20.6 Å². The molecule has 1 atom stereocenters. The smallest absolute Gasteiger partial charge is 0.251 e. The van der Waals surface area contributed by atoms with Crippen LogP contribution in [0.3, 0.4) is 0 Å². The highest BCUT2D eigenvalue weighted by atomic mass is 16.3. The molecule has 0 radical (unpaired) electrons. The second kappa shape index (κ2) is 8.53.